The lowest BCUT2D eigenvalue weighted by Gasteiger charge is -2.45. The van der Waals surface area contributed by atoms with Crippen LogP contribution >= 0.6 is 0 Å². The molecule has 9 nitrogen and oxygen atoms in total. The van der Waals surface area contributed by atoms with Crippen LogP contribution in [-0.2, 0) is 15.0 Å². The van der Waals surface area contributed by atoms with E-state index in [1.54, 1.807) is 32.8 Å². The van der Waals surface area contributed by atoms with Gasteiger partial charge < -0.3 is 9.47 Å². The van der Waals surface area contributed by atoms with E-state index in [1.165, 1.54) is 12.1 Å². The number of aromatic nitrogens is 1. The Morgan fingerprint density at radius 3 is 2.49 bits per heavy atom. The van der Waals surface area contributed by atoms with Crippen LogP contribution in [-0.4, -0.2) is 27.7 Å². The van der Waals surface area contributed by atoms with E-state index in [0.717, 1.165) is 5.56 Å². The number of amides is 1. The van der Waals surface area contributed by atoms with Gasteiger partial charge in [-0.05, 0) is 50.5 Å². The quantitative estimate of drug-likeness (QED) is 0.345. The number of nitrogens with zero attached hydrogens (tertiary/aromatic N) is 5. The second-order valence-electron chi connectivity index (χ2n) is 9.88. The Morgan fingerprint density at radius 1 is 1.05 bits per heavy atom. The second-order valence-corrected chi connectivity index (χ2v) is 9.88. The fraction of sp³-hybridized carbons (Fsp3) is 0.233. The highest BCUT2D eigenvalue weighted by Crippen LogP contribution is 2.58. The molecular weight excluding hydrogens is 494 g/mol. The Balaban J connectivity index is 1.80. The molecule has 1 spiro atoms. The second kappa shape index (κ2) is 8.81. The van der Waals surface area contributed by atoms with Crippen molar-refractivity contribution in [3.63, 3.8) is 0 Å². The van der Waals surface area contributed by atoms with Crippen molar-refractivity contribution in [1.29, 1.82) is 5.26 Å². The summed E-state index contributed by atoms with van der Waals surface area (Å²) in [5.41, 5.74) is 1.79. The topological polar surface area (TPSA) is 112 Å². The summed E-state index contributed by atoms with van der Waals surface area (Å²) in [5, 5.41) is 22.6. The molecule has 2 aliphatic heterocycles. The lowest BCUT2D eigenvalue weighted by atomic mass is 9.63. The van der Waals surface area contributed by atoms with Gasteiger partial charge in [0.25, 0.3) is 5.69 Å². The summed E-state index contributed by atoms with van der Waals surface area (Å²) >= 11 is 0. The third-order valence-electron chi connectivity index (χ3n) is 7.93. The van der Waals surface area contributed by atoms with E-state index in [4.69, 9.17) is 0 Å². The van der Waals surface area contributed by atoms with Gasteiger partial charge >= 0.3 is 0 Å². The predicted octanol–water partition coefficient (Wildman–Crippen LogP) is 5.23. The molecule has 0 saturated carbocycles. The van der Waals surface area contributed by atoms with Gasteiger partial charge in [0.15, 0.2) is 5.78 Å². The first-order chi connectivity index (χ1) is 18.9. The molecule has 194 valence electrons. The zero-order valence-corrected chi connectivity index (χ0v) is 21.5. The number of rotatable bonds is 4. The maximum Gasteiger partial charge on any atom is 0.271 e. The molecule has 0 fully saturated rings. The zero-order valence-electron chi connectivity index (χ0n) is 21.5. The number of carbonyl (C=O) groups excluding carboxylic acids is 2. The van der Waals surface area contributed by atoms with Crippen molar-refractivity contribution in [3.05, 3.63) is 105 Å². The van der Waals surface area contributed by atoms with Gasteiger partial charge in [-0.3, -0.25) is 24.6 Å². The molecule has 39 heavy (non-hydrogen) atoms. The fourth-order valence-electron chi connectivity index (χ4n) is 6.33. The third kappa shape index (κ3) is 3.18. The number of nitro benzene ring substituents is 1. The van der Waals surface area contributed by atoms with Crippen LogP contribution in [0.4, 0.5) is 17.1 Å². The van der Waals surface area contributed by atoms with Gasteiger partial charge in [-0.15, -0.1) is 0 Å². The van der Waals surface area contributed by atoms with Gasteiger partial charge in [-0.1, -0.05) is 24.3 Å². The number of Topliss-reactive ketones (excluding diaryl/α,β-unsaturated/α-hetero) is 1. The van der Waals surface area contributed by atoms with Gasteiger partial charge in [0.05, 0.1) is 16.2 Å². The highest BCUT2D eigenvalue weighted by molar-refractivity contribution is 6.22. The Bertz CT molecular complexity index is 1680. The summed E-state index contributed by atoms with van der Waals surface area (Å²) in [6, 6.07) is 17.9. The highest BCUT2D eigenvalue weighted by Gasteiger charge is 2.62. The number of nitro groups is 1. The smallest absolute Gasteiger partial charge is 0.271 e. The number of nitriles is 1. The summed E-state index contributed by atoms with van der Waals surface area (Å²) in [6.07, 6.45) is 4.84. The van der Waals surface area contributed by atoms with Crippen molar-refractivity contribution in [3.8, 4) is 6.07 Å². The van der Waals surface area contributed by atoms with Crippen molar-refractivity contribution in [2.24, 2.45) is 0 Å². The van der Waals surface area contributed by atoms with E-state index in [-0.39, 0.29) is 29.4 Å². The maximum absolute atomic E-state index is 14.5. The number of ketones is 1. The Hall–Kier alpha value is -4.97. The van der Waals surface area contributed by atoms with E-state index < -0.39 is 10.3 Å². The van der Waals surface area contributed by atoms with Crippen molar-refractivity contribution < 1.29 is 14.5 Å². The molecule has 2 aromatic carbocycles. The number of non-ortho nitro benzene ring substituents is 1. The summed E-state index contributed by atoms with van der Waals surface area (Å²) in [6.45, 7) is 4.08. The first kappa shape index (κ1) is 24.4. The predicted molar refractivity (Wildman–Crippen MR) is 146 cm³/mol. The summed E-state index contributed by atoms with van der Waals surface area (Å²) in [7, 11) is 0. The lowest BCUT2D eigenvalue weighted by molar-refractivity contribution is -0.384. The van der Waals surface area contributed by atoms with Crippen LogP contribution < -0.4 is 9.80 Å². The number of likely N-dealkylation sites (N-methyl/N-ethyl adjacent to an activating group) is 1. The number of para-hydroxylation sites is 1. The van der Waals surface area contributed by atoms with E-state index in [9.17, 15) is 25.0 Å². The molecule has 0 saturated heterocycles. The molecule has 3 aliphatic rings. The average molecular weight is 520 g/mol. The normalized spacial score (nSPS) is 20.4. The number of allylic oxidation sites excluding steroid dienone is 1. The lowest BCUT2D eigenvalue weighted by Crippen LogP contribution is -2.51. The highest BCUT2D eigenvalue weighted by atomic mass is 16.6. The molecule has 3 aromatic rings. The minimum atomic E-state index is -1.61. The van der Waals surface area contributed by atoms with Crippen molar-refractivity contribution >= 4 is 34.6 Å². The van der Waals surface area contributed by atoms with Crippen LogP contribution in [0, 0.1) is 28.4 Å². The van der Waals surface area contributed by atoms with E-state index in [0.29, 0.717) is 53.4 Å². The van der Waals surface area contributed by atoms with Crippen molar-refractivity contribution in [2.75, 3.05) is 16.3 Å². The maximum atomic E-state index is 14.5. The van der Waals surface area contributed by atoms with Crippen molar-refractivity contribution in [2.45, 2.75) is 38.5 Å². The average Bonchev–Trinajstić information content (AvgIpc) is 3.55. The summed E-state index contributed by atoms with van der Waals surface area (Å²) in [5.74, 6) is -0.129. The van der Waals surface area contributed by atoms with Gasteiger partial charge in [0.1, 0.15) is 17.3 Å². The van der Waals surface area contributed by atoms with Crippen LogP contribution in [0.3, 0.4) is 0 Å². The molecule has 0 radical (unpaired) electrons. The molecule has 1 amide bonds. The monoisotopic (exact) mass is 519 g/mol. The fourth-order valence-corrected chi connectivity index (χ4v) is 6.33. The molecule has 6 rings (SSSR count). The van der Waals surface area contributed by atoms with Crippen LogP contribution in [0.5, 0.6) is 0 Å². The molecule has 9 heteroatoms. The number of aryl methyl sites for hydroxylation is 1. The van der Waals surface area contributed by atoms with Gasteiger partial charge in [-0.2, -0.15) is 5.26 Å². The standard InChI is InChI=1S/C30H25N5O4/c1-3-33-23-10-5-4-9-21(23)30(29(33)37)22(18-31)28(32-15-6-7-16-32)34(24-11-8-12-26(36)27(24)30)25-17-20(35(38)39)14-13-19(25)2/h4-7,9-10,13-17H,3,8,11-12H2,1-2H3/t30-/m0/s1. The molecule has 1 aromatic heterocycles. The van der Waals surface area contributed by atoms with Crippen molar-refractivity contribution in [1.82, 2.24) is 4.57 Å². The number of hydrogen-bond donors (Lipinski definition) is 0. The Labute approximate surface area is 225 Å². The van der Waals surface area contributed by atoms with Gasteiger partial charge in [0.2, 0.25) is 5.91 Å². The molecule has 1 aliphatic carbocycles. The largest absolute Gasteiger partial charge is 0.311 e. The molecule has 3 heterocycles. The number of benzene rings is 2. The summed E-state index contributed by atoms with van der Waals surface area (Å²) < 4.78 is 1.76. The Kier molecular flexibility index (Phi) is 5.50. The van der Waals surface area contributed by atoms with E-state index >= 15 is 0 Å². The number of fused-ring (bicyclic) bond motifs is 3. The van der Waals surface area contributed by atoms with E-state index in [2.05, 4.69) is 6.07 Å². The third-order valence-corrected chi connectivity index (χ3v) is 7.93. The summed E-state index contributed by atoms with van der Waals surface area (Å²) in [4.78, 5) is 43.2. The van der Waals surface area contributed by atoms with Crippen LogP contribution in [0.2, 0.25) is 0 Å². The van der Waals surface area contributed by atoms with E-state index in [1.807, 2.05) is 50.2 Å². The van der Waals surface area contributed by atoms with Crippen LogP contribution in [0.15, 0.2) is 83.8 Å². The number of carbonyl (C=O) groups is 2. The molecule has 0 bridgehead atoms. The first-order valence-electron chi connectivity index (χ1n) is 12.9. The van der Waals surface area contributed by atoms with Crippen LogP contribution in [0.1, 0.15) is 37.3 Å². The number of hydrogen-bond acceptors (Lipinski definition) is 6. The Morgan fingerprint density at radius 2 is 1.79 bits per heavy atom. The minimum absolute atomic E-state index is 0.106. The zero-order chi connectivity index (χ0) is 27.5. The van der Waals surface area contributed by atoms with Gasteiger partial charge in [-0.25, -0.2) is 0 Å². The molecule has 0 N–H and O–H groups in total. The molecule has 0 unspecified atom stereocenters. The molecular formula is C30H25N5O4. The first-order valence-corrected chi connectivity index (χ1v) is 12.9. The van der Waals surface area contributed by atoms with Gasteiger partial charge in [0, 0.05) is 60.0 Å². The number of anilines is 2. The minimum Gasteiger partial charge on any atom is -0.311 e. The van der Waals surface area contributed by atoms with Crippen LogP contribution in [0.25, 0.3) is 5.82 Å². The SMILES string of the molecule is CCN1C(=O)[C@]2(C(C#N)=C(n3cccc3)N(c3cc([N+](=O)[O-])ccc3C)C3=C2C(=O)CCC3)c2ccccc21. The molecule has 1 atom stereocenters.